The zero-order valence-electron chi connectivity index (χ0n) is 11.3. The summed E-state index contributed by atoms with van der Waals surface area (Å²) in [6, 6.07) is 7.88. The third-order valence-electron chi connectivity index (χ3n) is 3.97. The molecule has 0 spiro atoms. The second-order valence-electron chi connectivity index (χ2n) is 5.50. The van der Waals surface area contributed by atoms with Gasteiger partial charge < -0.3 is 15.2 Å². The second kappa shape index (κ2) is 5.80. The molecule has 1 aromatic carbocycles. The summed E-state index contributed by atoms with van der Waals surface area (Å²) in [5.74, 6) is 2.37. The van der Waals surface area contributed by atoms with Crippen LogP contribution in [-0.4, -0.2) is 43.8 Å². The Hall–Kier alpha value is -1.26. The Balaban J connectivity index is 1.57. The number of rotatable bonds is 3. The highest BCUT2D eigenvalue weighted by Crippen LogP contribution is 2.31. The number of fused-ring (bicyclic) bond motifs is 1. The van der Waals surface area contributed by atoms with Gasteiger partial charge in [-0.05, 0) is 44.0 Å². The van der Waals surface area contributed by atoms with E-state index in [0.717, 1.165) is 37.7 Å². The lowest BCUT2D eigenvalue weighted by atomic mass is 9.98. The van der Waals surface area contributed by atoms with E-state index in [2.05, 4.69) is 4.90 Å². The number of nitrogens with zero attached hydrogens (tertiary/aromatic N) is 1. The lowest BCUT2D eigenvalue weighted by Crippen LogP contribution is -2.46. The first-order chi connectivity index (χ1) is 9.35. The molecule has 2 unspecified atom stereocenters. The molecule has 2 atom stereocenters. The van der Waals surface area contributed by atoms with E-state index in [1.54, 1.807) is 0 Å². The van der Waals surface area contributed by atoms with Crippen molar-refractivity contribution >= 4 is 0 Å². The number of para-hydroxylation sites is 2. The van der Waals surface area contributed by atoms with E-state index in [4.69, 9.17) is 15.2 Å². The smallest absolute Gasteiger partial charge is 0.161 e. The number of hydrogen-bond donors (Lipinski definition) is 1. The summed E-state index contributed by atoms with van der Waals surface area (Å²) in [6.45, 7) is 4.61. The Bertz CT molecular complexity index is 424. The van der Waals surface area contributed by atoms with Gasteiger partial charge in [0.2, 0.25) is 0 Å². The van der Waals surface area contributed by atoms with Gasteiger partial charge in [-0.15, -0.1) is 0 Å². The highest BCUT2D eigenvalue weighted by molar-refractivity contribution is 5.40. The summed E-state index contributed by atoms with van der Waals surface area (Å²) < 4.78 is 11.8. The van der Waals surface area contributed by atoms with Crippen LogP contribution < -0.4 is 15.2 Å². The summed E-state index contributed by atoms with van der Waals surface area (Å²) in [4.78, 5) is 2.46. The summed E-state index contributed by atoms with van der Waals surface area (Å²) in [5, 5.41) is 0. The van der Waals surface area contributed by atoms with Crippen LogP contribution in [0, 0.1) is 5.92 Å². The van der Waals surface area contributed by atoms with E-state index in [1.165, 1.54) is 12.8 Å². The average Bonchev–Trinajstić information content (AvgIpc) is 2.47. The van der Waals surface area contributed by atoms with Crippen molar-refractivity contribution in [2.45, 2.75) is 18.9 Å². The fourth-order valence-electron chi connectivity index (χ4n) is 2.95. The Morgan fingerprint density at radius 1 is 1.26 bits per heavy atom. The van der Waals surface area contributed by atoms with Crippen LogP contribution in [0.5, 0.6) is 11.5 Å². The van der Waals surface area contributed by atoms with Crippen LogP contribution in [0.3, 0.4) is 0 Å². The van der Waals surface area contributed by atoms with Crippen molar-refractivity contribution in [1.29, 1.82) is 0 Å². The van der Waals surface area contributed by atoms with Gasteiger partial charge in [-0.1, -0.05) is 12.1 Å². The monoisotopic (exact) mass is 262 g/mol. The van der Waals surface area contributed by atoms with Gasteiger partial charge in [0.05, 0.1) is 0 Å². The molecule has 0 aromatic heterocycles. The summed E-state index contributed by atoms with van der Waals surface area (Å²) >= 11 is 0. The third kappa shape index (κ3) is 3.01. The van der Waals surface area contributed by atoms with Crippen LogP contribution in [0.4, 0.5) is 0 Å². The van der Waals surface area contributed by atoms with Crippen molar-refractivity contribution in [2.24, 2.45) is 11.7 Å². The Kier molecular flexibility index (Phi) is 3.89. The predicted octanol–water partition coefficient (Wildman–Crippen LogP) is 1.50. The minimum absolute atomic E-state index is 0.131. The maximum Gasteiger partial charge on any atom is 0.161 e. The van der Waals surface area contributed by atoms with Crippen molar-refractivity contribution in [3.63, 3.8) is 0 Å². The van der Waals surface area contributed by atoms with Gasteiger partial charge in [0.1, 0.15) is 12.7 Å². The van der Waals surface area contributed by atoms with Gasteiger partial charge in [-0.3, -0.25) is 4.90 Å². The molecule has 0 aliphatic carbocycles. The van der Waals surface area contributed by atoms with Gasteiger partial charge in [0.15, 0.2) is 11.5 Å². The first-order valence-electron chi connectivity index (χ1n) is 7.16. The molecule has 0 bridgehead atoms. The van der Waals surface area contributed by atoms with Crippen LogP contribution in [-0.2, 0) is 0 Å². The third-order valence-corrected chi connectivity index (χ3v) is 3.97. The molecule has 1 saturated heterocycles. The van der Waals surface area contributed by atoms with Gasteiger partial charge in [-0.25, -0.2) is 0 Å². The zero-order chi connectivity index (χ0) is 13.1. The number of benzene rings is 1. The number of nitrogens with two attached hydrogens (primary N) is 1. The molecule has 2 aliphatic heterocycles. The maximum absolute atomic E-state index is 6.01. The molecule has 3 rings (SSSR count). The Morgan fingerprint density at radius 3 is 2.95 bits per heavy atom. The van der Waals surface area contributed by atoms with Gasteiger partial charge in [-0.2, -0.15) is 0 Å². The predicted molar refractivity (Wildman–Crippen MR) is 74.6 cm³/mol. The fraction of sp³-hybridized carbons (Fsp3) is 0.600. The molecule has 2 N–H and O–H groups in total. The van der Waals surface area contributed by atoms with Crippen LogP contribution in [0.2, 0.25) is 0 Å². The van der Waals surface area contributed by atoms with Gasteiger partial charge in [0.25, 0.3) is 0 Å². The van der Waals surface area contributed by atoms with Gasteiger partial charge >= 0.3 is 0 Å². The van der Waals surface area contributed by atoms with Crippen molar-refractivity contribution in [2.75, 3.05) is 32.8 Å². The number of hydrogen-bond acceptors (Lipinski definition) is 4. The summed E-state index contributed by atoms with van der Waals surface area (Å²) in [5.41, 5.74) is 5.78. The standard InChI is InChI=1S/C15H22N2O2/c16-8-12-4-3-7-17(9-12)10-13-11-18-14-5-1-2-6-15(14)19-13/h1-2,5-6,12-13H,3-4,7-11,16H2. The van der Waals surface area contributed by atoms with E-state index in [-0.39, 0.29) is 6.10 Å². The highest BCUT2D eigenvalue weighted by Gasteiger charge is 2.26. The normalized spacial score (nSPS) is 27.2. The van der Waals surface area contributed by atoms with Gasteiger partial charge in [0, 0.05) is 13.1 Å². The minimum atomic E-state index is 0.131. The number of piperidine rings is 1. The first-order valence-corrected chi connectivity index (χ1v) is 7.16. The zero-order valence-corrected chi connectivity index (χ0v) is 11.3. The molecule has 4 nitrogen and oxygen atoms in total. The molecule has 1 aromatic rings. The van der Waals surface area contributed by atoms with Crippen molar-refractivity contribution in [3.05, 3.63) is 24.3 Å². The molecule has 0 radical (unpaired) electrons. The lowest BCUT2D eigenvalue weighted by molar-refractivity contribution is 0.0458. The Morgan fingerprint density at radius 2 is 2.11 bits per heavy atom. The molecule has 4 heteroatoms. The number of likely N-dealkylation sites (tertiary alicyclic amines) is 1. The average molecular weight is 262 g/mol. The van der Waals surface area contributed by atoms with Crippen molar-refractivity contribution in [3.8, 4) is 11.5 Å². The van der Waals surface area contributed by atoms with Crippen LogP contribution >= 0.6 is 0 Å². The molecular weight excluding hydrogens is 240 g/mol. The molecule has 0 amide bonds. The molecular formula is C15H22N2O2. The highest BCUT2D eigenvalue weighted by atomic mass is 16.6. The SMILES string of the molecule is NCC1CCCN(CC2COc3ccccc3O2)C1. The quantitative estimate of drug-likeness (QED) is 0.896. The lowest BCUT2D eigenvalue weighted by Gasteiger charge is -2.35. The minimum Gasteiger partial charge on any atom is -0.486 e. The van der Waals surface area contributed by atoms with Crippen molar-refractivity contribution < 1.29 is 9.47 Å². The number of ether oxygens (including phenoxy) is 2. The molecule has 2 aliphatic rings. The summed E-state index contributed by atoms with van der Waals surface area (Å²) in [6.07, 6.45) is 2.63. The second-order valence-corrected chi connectivity index (χ2v) is 5.50. The topological polar surface area (TPSA) is 47.7 Å². The molecule has 1 fully saturated rings. The van der Waals surface area contributed by atoms with E-state index in [9.17, 15) is 0 Å². The first kappa shape index (κ1) is 12.8. The Labute approximate surface area is 114 Å². The molecule has 104 valence electrons. The molecule has 0 saturated carbocycles. The summed E-state index contributed by atoms with van der Waals surface area (Å²) in [7, 11) is 0. The van der Waals surface area contributed by atoms with E-state index >= 15 is 0 Å². The molecule has 19 heavy (non-hydrogen) atoms. The van der Waals surface area contributed by atoms with E-state index in [0.29, 0.717) is 12.5 Å². The molecule has 2 heterocycles. The largest absolute Gasteiger partial charge is 0.486 e. The van der Waals surface area contributed by atoms with Crippen LogP contribution in [0.1, 0.15) is 12.8 Å². The van der Waals surface area contributed by atoms with E-state index in [1.807, 2.05) is 24.3 Å². The van der Waals surface area contributed by atoms with Crippen LogP contribution in [0.15, 0.2) is 24.3 Å². The fourth-order valence-corrected chi connectivity index (χ4v) is 2.95. The van der Waals surface area contributed by atoms with E-state index < -0.39 is 0 Å². The maximum atomic E-state index is 6.01. The van der Waals surface area contributed by atoms with Crippen LogP contribution in [0.25, 0.3) is 0 Å². The van der Waals surface area contributed by atoms with Crippen molar-refractivity contribution in [1.82, 2.24) is 4.90 Å².